The van der Waals surface area contributed by atoms with Gasteiger partial charge in [-0.15, -0.1) is 12.4 Å². The average molecular weight is 286 g/mol. The molecule has 0 unspecified atom stereocenters. The van der Waals surface area contributed by atoms with Crippen LogP contribution in [0.4, 0.5) is 11.4 Å². The summed E-state index contributed by atoms with van der Waals surface area (Å²) in [5.74, 6) is -0.348. The van der Waals surface area contributed by atoms with Gasteiger partial charge in [-0.2, -0.15) is 0 Å². The molecule has 1 atom stereocenters. The van der Waals surface area contributed by atoms with Crippen LogP contribution < -0.4 is 16.4 Å². The van der Waals surface area contributed by atoms with Gasteiger partial charge in [0.05, 0.1) is 6.04 Å². The van der Waals surface area contributed by atoms with E-state index in [2.05, 4.69) is 10.6 Å². The molecule has 0 fully saturated rings. The first-order valence-electron chi connectivity index (χ1n) is 5.87. The van der Waals surface area contributed by atoms with Crippen LogP contribution in [0.2, 0.25) is 0 Å². The second kappa shape index (κ2) is 7.76. The minimum Gasteiger partial charge on any atom is -0.326 e. The van der Waals surface area contributed by atoms with Crippen molar-refractivity contribution in [2.24, 2.45) is 11.7 Å². The molecule has 6 heteroatoms. The van der Waals surface area contributed by atoms with Crippen LogP contribution in [0.1, 0.15) is 20.8 Å². The molecule has 1 aromatic carbocycles. The number of anilines is 2. The van der Waals surface area contributed by atoms with E-state index in [1.807, 2.05) is 13.8 Å². The number of carbonyl (C=O) groups excluding carboxylic acids is 2. The Balaban J connectivity index is 0.00000324. The molecular formula is C13H20ClN3O2. The van der Waals surface area contributed by atoms with Crippen molar-refractivity contribution in [3.05, 3.63) is 24.3 Å². The summed E-state index contributed by atoms with van der Waals surface area (Å²) in [7, 11) is 0. The van der Waals surface area contributed by atoms with Crippen molar-refractivity contribution in [2.75, 3.05) is 10.6 Å². The quantitative estimate of drug-likeness (QED) is 0.791. The third kappa shape index (κ3) is 5.72. The van der Waals surface area contributed by atoms with E-state index in [1.54, 1.807) is 31.2 Å². The third-order valence-corrected chi connectivity index (χ3v) is 2.36. The Labute approximate surface area is 119 Å². The smallest absolute Gasteiger partial charge is 0.240 e. The highest BCUT2D eigenvalue weighted by molar-refractivity contribution is 5.95. The molecule has 2 amide bonds. The van der Waals surface area contributed by atoms with Gasteiger partial charge in [-0.1, -0.05) is 13.8 Å². The van der Waals surface area contributed by atoms with E-state index < -0.39 is 6.04 Å². The summed E-state index contributed by atoms with van der Waals surface area (Å²) < 4.78 is 0. The first-order valence-corrected chi connectivity index (χ1v) is 5.87. The lowest BCUT2D eigenvalue weighted by Gasteiger charge is -2.10. The normalized spacial score (nSPS) is 11.4. The second-order valence-corrected chi connectivity index (χ2v) is 4.50. The minimum absolute atomic E-state index is 0. The van der Waals surface area contributed by atoms with Gasteiger partial charge in [-0.3, -0.25) is 9.59 Å². The molecule has 0 aliphatic heterocycles. The molecule has 19 heavy (non-hydrogen) atoms. The maximum Gasteiger partial charge on any atom is 0.240 e. The molecule has 0 aliphatic rings. The molecule has 0 aromatic heterocycles. The highest BCUT2D eigenvalue weighted by Crippen LogP contribution is 2.14. The number of benzene rings is 1. The van der Waals surface area contributed by atoms with Crippen LogP contribution in [-0.2, 0) is 9.59 Å². The Hall–Kier alpha value is -1.59. The van der Waals surface area contributed by atoms with Gasteiger partial charge < -0.3 is 16.4 Å². The third-order valence-electron chi connectivity index (χ3n) is 2.36. The fourth-order valence-electron chi connectivity index (χ4n) is 1.18. The van der Waals surface area contributed by atoms with Crippen LogP contribution in [0.25, 0.3) is 0 Å². The summed E-state index contributed by atoms with van der Waals surface area (Å²) in [6.07, 6.45) is 0. The van der Waals surface area contributed by atoms with Crippen molar-refractivity contribution in [1.82, 2.24) is 0 Å². The fourth-order valence-corrected chi connectivity index (χ4v) is 1.18. The van der Waals surface area contributed by atoms with Crippen LogP contribution in [0.5, 0.6) is 0 Å². The number of amides is 2. The highest BCUT2D eigenvalue weighted by atomic mass is 35.5. The molecule has 0 bridgehead atoms. The molecule has 0 radical (unpaired) electrons. The van der Waals surface area contributed by atoms with Crippen LogP contribution in [0, 0.1) is 5.92 Å². The van der Waals surface area contributed by atoms with E-state index in [4.69, 9.17) is 5.73 Å². The van der Waals surface area contributed by atoms with Crippen LogP contribution >= 0.6 is 12.4 Å². The first-order chi connectivity index (χ1) is 8.40. The lowest BCUT2D eigenvalue weighted by atomic mass is 10.2. The Bertz CT molecular complexity index is 389. The fraction of sp³-hybridized carbons (Fsp3) is 0.385. The van der Waals surface area contributed by atoms with Crippen molar-refractivity contribution in [3.63, 3.8) is 0 Å². The number of rotatable bonds is 4. The van der Waals surface area contributed by atoms with Crippen molar-refractivity contribution in [3.8, 4) is 0 Å². The molecular weight excluding hydrogens is 266 g/mol. The average Bonchev–Trinajstić information content (AvgIpc) is 2.31. The molecule has 4 N–H and O–H groups in total. The maximum absolute atomic E-state index is 11.5. The summed E-state index contributed by atoms with van der Waals surface area (Å²) in [5, 5.41) is 5.44. The number of nitrogens with one attached hydrogen (secondary N) is 2. The first kappa shape index (κ1) is 17.4. The van der Waals surface area contributed by atoms with Gasteiger partial charge in [0.15, 0.2) is 0 Å². The Morgan fingerprint density at radius 3 is 1.63 bits per heavy atom. The zero-order valence-corrected chi connectivity index (χ0v) is 12.1. The number of hydrogen-bond donors (Lipinski definition) is 3. The van der Waals surface area contributed by atoms with Crippen molar-refractivity contribution in [2.45, 2.75) is 26.8 Å². The standard InChI is InChI=1S/C13H19N3O2.ClH/c1-8(2)12(17)15-10-4-6-11(7-5-10)16-13(18)9(3)14;/h4-9H,14H2,1-3H3,(H,15,17)(H,16,18);1H/t9-;/m1./s1. The van der Waals surface area contributed by atoms with Crippen molar-refractivity contribution >= 4 is 35.6 Å². The van der Waals surface area contributed by atoms with Gasteiger partial charge in [-0.05, 0) is 31.2 Å². The summed E-state index contributed by atoms with van der Waals surface area (Å²) in [4.78, 5) is 22.8. The van der Waals surface area contributed by atoms with E-state index in [1.165, 1.54) is 0 Å². The van der Waals surface area contributed by atoms with Gasteiger partial charge >= 0.3 is 0 Å². The van der Waals surface area contributed by atoms with Gasteiger partial charge in [0.2, 0.25) is 11.8 Å². The van der Waals surface area contributed by atoms with Crippen LogP contribution in [-0.4, -0.2) is 17.9 Å². The molecule has 0 spiro atoms. The summed E-state index contributed by atoms with van der Waals surface area (Å²) in [6.45, 7) is 5.27. The van der Waals surface area contributed by atoms with Crippen LogP contribution in [0.3, 0.4) is 0 Å². The largest absolute Gasteiger partial charge is 0.326 e. The molecule has 5 nitrogen and oxygen atoms in total. The predicted octanol–water partition coefficient (Wildman–Crippen LogP) is 1.99. The highest BCUT2D eigenvalue weighted by Gasteiger charge is 2.08. The SMILES string of the molecule is CC(C)C(=O)Nc1ccc(NC(=O)[C@@H](C)N)cc1.Cl. The number of carbonyl (C=O) groups is 2. The van der Waals surface area contributed by atoms with Crippen molar-refractivity contribution in [1.29, 1.82) is 0 Å². The molecule has 1 rings (SSSR count). The van der Waals surface area contributed by atoms with Gasteiger partial charge in [0.25, 0.3) is 0 Å². The van der Waals surface area contributed by atoms with Gasteiger partial charge in [0, 0.05) is 17.3 Å². The predicted molar refractivity (Wildman–Crippen MR) is 79.4 cm³/mol. The lowest BCUT2D eigenvalue weighted by Crippen LogP contribution is -2.32. The Kier molecular flexibility index (Phi) is 7.11. The summed E-state index contributed by atoms with van der Waals surface area (Å²) >= 11 is 0. The summed E-state index contributed by atoms with van der Waals surface area (Å²) in [6, 6.07) is 6.35. The summed E-state index contributed by atoms with van der Waals surface area (Å²) in [5.41, 5.74) is 6.80. The van der Waals surface area contributed by atoms with E-state index in [9.17, 15) is 9.59 Å². The maximum atomic E-state index is 11.5. The van der Waals surface area contributed by atoms with E-state index in [0.29, 0.717) is 11.4 Å². The van der Waals surface area contributed by atoms with E-state index in [-0.39, 0.29) is 30.1 Å². The number of nitrogens with two attached hydrogens (primary N) is 1. The Morgan fingerprint density at radius 1 is 0.947 bits per heavy atom. The second-order valence-electron chi connectivity index (χ2n) is 4.50. The minimum atomic E-state index is -0.551. The molecule has 1 aromatic rings. The van der Waals surface area contributed by atoms with Gasteiger partial charge in [-0.25, -0.2) is 0 Å². The van der Waals surface area contributed by atoms with E-state index >= 15 is 0 Å². The number of halogens is 1. The molecule has 0 saturated carbocycles. The van der Waals surface area contributed by atoms with Gasteiger partial charge in [0.1, 0.15) is 0 Å². The van der Waals surface area contributed by atoms with Crippen LogP contribution in [0.15, 0.2) is 24.3 Å². The zero-order valence-electron chi connectivity index (χ0n) is 11.3. The van der Waals surface area contributed by atoms with Crippen molar-refractivity contribution < 1.29 is 9.59 Å². The molecule has 0 saturated heterocycles. The monoisotopic (exact) mass is 285 g/mol. The molecule has 106 valence electrons. The number of hydrogen-bond acceptors (Lipinski definition) is 3. The molecule has 0 aliphatic carbocycles. The van der Waals surface area contributed by atoms with E-state index in [0.717, 1.165) is 0 Å². The zero-order chi connectivity index (χ0) is 13.7. The topological polar surface area (TPSA) is 84.2 Å². The lowest BCUT2D eigenvalue weighted by molar-refractivity contribution is -0.119. The molecule has 0 heterocycles. The Morgan fingerprint density at radius 2 is 1.32 bits per heavy atom.